The first-order valence-corrected chi connectivity index (χ1v) is 6.86. The normalized spacial score (nSPS) is 34.8. The molecule has 2 saturated heterocycles. The van der Waals surface area contributed by atoms with Crippen LogP contribution in [-0.4, -0.2) is 45.2 Å². The summed E-state index contributed by atoms with van der Waals surface area (Å²) < 4.78 is 27.8. The predicted octanol–water partition coefficient (Wildman–Crippen LogP) is -0.0579. The van der Waals surface area contributed by atoms with Gasteiger partial charge in [-0.25, -0.2) is 8.42 Å². The average molecular weight is 219 g/mol. The Hall–Kier alpha value is -0.130. The van der Waals surface area contributed by atoms with Crippen molar-refractivity contribution in [3.05, 3.63) is 0 Å². The van der Waals surface area contributed by atoms with Crippen LogP contribution in [0.3, 0.4) is 0 Å². The third-order valence-electron chi connectivity index (χ3n) is 3.44. The van der Waals surface area contributed by atoms with Crippen LogP contribution in [0.2, 0.25) is 0 Å². The van der Waals surface area contributed by atoms with Crippen molar-refractivity contribution >= 4 is 9.84 Å². The Kier molecular flexibility index (Phi) is 2.57. The maximum atomic E-state index is 11.3. The van der Waals surface area contributed by atoms with Crippen molar-refractivity contribution in [1.82, 2.24) is 5.32 Å². The van der Waals surface area contributed by atoms with Gasteiger partial charge in [0.15, 0.2) is 0 Å². The molecule has 2 aliphatic heterocycles. The molecule has 0 aromatic heterocycles. The number of methoxy groups -OCH3 is 1. The monoisotopic (exact) mass is 219 g/mol. The fraction of sp³-hybridized carbons (Fsp3) is 1.00. The SMILES string of the molecule is COC1CNC2(CCS(=O)(=O)CC2)C1. The molecule has 2 heterocycles. The Balaban J connectivity index is 2.01. The Morgan fingerprint density at radius 3 is 2.50 bits per heavy atom. The van der Waals surface area contributed by atoms with Crippen molar-refractivity contribution < 1.29 is 13.2 Å². The van der Waals surface area contributed by atoms with Crippen molar-refractivity contribution in [2.45, 2.75) is 30.9 Å². The smallest absolute Gasteiger partial charge is 0.150 e. The van der Waals surface area contributed by atoms with Gasteiger partial charge in [-0.15, -0.1) is 0 Å². The second-order valence-electron chi connectivity index (χ2n) is 4.37. The maximum Gasteiger partial charge on any atom is 0.150 e. The molecule has 5 heteroatoms. The highest BCUT2D eigenvalue weighted by Crippen LogP contribution is 2.32. The number of hydrogen-bond donors (Lipinski definition) is 1. The highest BCUT2D eigenvalue weighted by atomic mass is 32.2. The molecule has 2 aliphatic rings. The summed E-state index contributed by atoms with van der Waals surface area (Å²) in [5, 5.41) is 3.42. The molecule has 0 saturated carbocycles. The molecule has 0 amide bonds. The topological polar surface area (TPSA) is 55.4 Å². The summed E-state index contributed by atoms with van der Waals surface area (Å²) in [5.74, 6) is 0.660. The van der Waals surface area contributed by atoms with Gasteiger partial charge in [-0.1, -0.05) is 0 Å². The van der Waals surface area contributed by atoms with E-state index in [1.54, 1.807) is 7.11 Å². The number of nitrogens with one attached hydrogen (secondary N) is 1. The van der Waals surface area contributed by atoms with Crippen LogP contribution in [0, 0.1) is 0 Å². The molecule has 1 unspecified atom stereocenters. The second-order valence-corrected chi connectivity index (χ2v) is 6.68. The van der Waals surface area contributed by atoms with Gasteiger partial charge in [0.05, 0.1) is 17.6 Å². The lowest BCUT2D eigenvalue weighted by molar-refractivity contribution is 0.111. The Morgan fingerprint density at radius 2 is 2.00 bits per heavy atom. The van der Waals surface area contributed by atoms with Gasteiger partial charge in [-0.3, -0.25) is 0 Å². The molecule has 0 aliphatic carbocycles. The first-order valence-electron chi connectivity index (χ1n) is 5.04. The molecule has 1 N–H and O–H groups in total. The molecule has 14 heavy (non-hydrogen) atoms. The van der Waals surface area contributed by atoms with Gasteiger partial charge in [0.2, 0.25) is 0 Å². The number of hydrogen-bond acceptors (Lipinski definition) is 4. The van der Waals surface area contributed by atoms with E-state index in [0.29, 0.717) is 11.5 Å². The van der Waals surface area contributed by atoms with Crippen molar-refractivity contribution in [3.63, 3.8) is 0 Å². The predicted molar refractivity (Wildman–Crippen MR) is 54.0 cm³/mol. The van der Waals surface area contributed by atoms with Crippen LogP contribution in [0.4, 0.5) is 0 Å². The summed E-state index contributed by atoms with van der Waals surface area (Å²) in [4.78, 5) is 0. The third kappa shape index (κ3) is 1.94. The zero-order valence-electron chi connectivity index (χ0n) is 8.45. The van der Waals surface area contributed by atoms with Crippen molar-refractivity contribution in [2.24, 2.45) is 0 Å². The van der Waals surface area contributed by atoms with Crippen molar-refractivity contribution in [1.29, 1.82) is 0 Å². The minimum Gasteiger partial charge on any atom is -0.380 e. The zero-order valence-corrected chi connectivity index (χ0v) is 9.27. The largest absolute Gasteiger partial charge is 0.380 e. The van der Waals surface area contributed by atoms with Gasteiger partial charge in [0.1, 0.15) is 9.84 Å². The summed E-state index contributed by atoms with van der Waals surface area (Å²) in [6.45, 7) is 0.858. The molecule has 0 bridgehead atoms. The third-order valence-corrected chi connectivity index (χ3v) is 5.09. The minimum absolute atomic E-state index is 0.0476. The Bertz CT molecular complexity index is 298. The summed E-state index contributed by atoms with van der Waals surface area (Å²) in [6.07, 6.45) is 2.71. The van der Waals surface area contributed by atoms with Gasteiger partial charge < -0.3 is 10.1 Å². The van der Waals surface area contributed by atoms with Crippen LogP contribution in [-0.2, 0) is 14.6 Å². The summed E-state index contributed by atoms with van der Waals surface area (Å²) in [7, 11) is -1.04. The van der Waals surface area contributed by atoms with E-state index in [2.05, 4.69) is 5.32 Å². The molecule has 0 aromatic carbocycles. The van der Waals surface area contributed by atoms with Gasteiger partial charge >= 0.3 is 0 Å². The van der Waals surface area contributed by atoms with Gasteiger partial charge in [0.25, 0.3) is 0 Å². The summed E-state index contributed by atoms with van der Waals surface area (Å²) >= 11 is 0. The lowest BCUT2D eigenvalue weighted by Crippen LogP contribution is -2.46. The van der Waals surface area contributed by atoms with Gasteiger partial charge in [0, 0.05) is 19.2 Å². The lowest BCUT2D eigenvalue weighted by atomic mass is 9.90. The number of sulfone groups is 1. The molecular formula is C9H17NO3S. The van der Waals surface area contributed by atoms with E-state index in [4.69, 9.17) is 4.74 Å². The van der Waals surface area contributed by atoms with Crippen LogP contribution < -0.4 is 5.32 Å². The highest BCUT2D eigenvalue weighted by Gasteiger charge is 2.42. The first kappa shape index (κ1) is 10.4. The van der Waals surface area contributed by atoms with Crippen molar-refractivity contribution in [2.75, 3.05) is 25.2 Å². The van der Waals surface area contributed by atoms with Crippen molar-refractivity contribution in [3.8, 4) is 0 Å². The van der Waals surface area contributed by atoms with Gasteiger partial charge in [-0.2, -0.15) is 0 Å². The van der Waals surface area contributed by atoms with Crippen LogP contribution in [0.1, 0.15) is 19.3 Å². The Morgan fingerprint density at radius 1 is 1.36 bits per heavy atom. The van der Waals surface area contributed by atoms with E-state index >= 15 is 0 Å². The van der Waals surface area contributed by atoms with E-state index in [1.807, 2.05) is 0 Å². The van der Waals surface area contributed by atoms with Gasteiger partial charge in [-0.05, 0) is 19.3 Å². The standard InChI is InChI=1S/C9H17NO3S/c1-13-8-6-9(10-7-8)2-4-14(11,12)5-3-9/h8,10H,2-7H2,1H3. The summed E-state index contributed by atoms with van der Waals surface area (Å²) in [6, 6.07) is 0. The quantitative estimate of drug-likeness (QED) is 0.671. The summed E-state index contributed by atoms with van der Waals surface area (Å²) in [5.41, 5.74) is 0.0476. The van der Waals surface area contributed by atoms with E-state index in [-0.39, 0.29) is 11.6 Å². The number of rotatable bonds is 1. The molecular weight excluding hydrogens is 202 g/mol. The van der Waals surface area contributed by atoms with Crippen LogP contribution in [0.5, 0.6) is 0 Å². The first-order chi connectivity index (χ1) is 6.55. The lowest BCUT2D eigenvalue weighted by Gasteiger charge is -2.33. The fourth-order valence-electron chi connectivity index (χ4n) is 2.39. The molecule has 0 aromatic rings. The molecule has 0 radical (unpaired) electrons. The molecule has 2 rings (SSSR count). The Labute approximate surface area is 84.9 Å². The minimum atomic E-state index is -2.75. The van der Waals surface area contributed by atoms with E-state index in [9.17, 15) is 8.42 Å². The van der Waals surface area contributed by atoms with Crippen LogP contribution in [0.15, 0.2) is 0 Å². The second kappa shape index (κ2) is 3.47. The molecule has 1 atom stereocenters. The fourth-order valence-corrected chi connectivity index (χ4v) is 3.99. The van der Waals surface area contributed by atoms with E-state index in [0.717, 1.165) is 25.8 Å². The molecule has 1 spiro atoms. The molecule has 2 fully saturated rings. The van der Waals surface area contributed by atoms with Crippen LogP contribution >= 0.6 is 0 Å². The van der Waals surface area contributed by atoms with Crippen LogP contribution in [0.25, 0.3) is 0 Å². The average Bonchev–Trinajstić information content (AvgIpc) is 2.56. The van der Waals surface area contributed by atoms with E-state index in [1.165, 1.54) is 0 Å². The molecule has 82 valence electrons. The van der Waals surface area contributed by atoms with E-state index < -0.39 is 9.84 Å². The highest BCUT2D eigenvalue weighted by molar-refractivity contribution is 7.91. The number of ether oxygens (including phenoxy) is 1. The zero-order chi connectivity index (χ0) is 10.2. The molecule has 4 nitrogen and oxygen atoms in total. The maximum absolute atomic E-state index is 11.3.